The number of aryl methyl sites for hydroxylation is 1. The van der Waals surface area contributed by atoms with Crippen molar-refractivity contribution in [2.45, 2.75) is 33.4 Å². The Morgan fingerprint density at radius 3 is 2.63 bits per heavy atom. The van der Waals surface area contributed by atoms with E-state index >= 15 is 0 Å². The smallest absolute Gasteiger partial charge is 0.261 e. The zero-order valence-corrected chi connectivity index (χ0v) is 15.8. The van der Waals surface area contributed by atoms with E-state index in [4.69, 9.17) is 4.74 Å². The van der Waals surface area contributed by atoms with Gasteiger partial charge in [0.25, 0.3) is 5.91 Å². The van der Waals surface area contributed by atoms with Crippen molar-refractivity contribution >= 4 is 5.91 Å². The van der Waals surface area contributed by atoms with Crippen LogP contribution in [0.1, 0.15) is 23.7 Å². The van der Waals surface area contributed by atoms with Gasteiger partial charge in [-0.3, -0.25) is 4.79 Å². The quantitative estimate of drug-likeness (QED) is 0.724. The number of rotatable bonds is 6. The standard InChI is InChI=1S/C22H23N3O2/c1-15-8-7-11-21(16(15)2)27-17(3)22(26)23-13-19-12-20(25-14-24-19)18-9-5-4-6-10-18/h4-12,14,17H,13H2,1-3H3,(H,23,26). The molecule has 0 saturated carbocycles. The zero-order chi connectivity index (χ0) is 19.2. The van der Waals surface area contributed by atoms with Gasteiger partial charge in [0.1, 0.15) is 12.1 Å². The Hall–Kier alpha value is -3.21. The summed E-state index contributed by atoms with van der Waals surface area (Å²) in [4.78, 5) is 20.9. The van der Waals surface area contributed by atoms with E-state index < -0.39 is 6.10 Å². The van der Waals surface area contributed by atoms with Crippen LogP contribution in [0.25, 0.3) is 11.3 Å². The highest BCUT2D eigenvalue weighted by Crippen LogP contribution is 2.22. The van der Waals surface area contributed by atoms with Gasteiger partial charge in [-0.05, 0) is 44.0 Å². The second-order valence-electron chi connectivity index (χ2n) is 6.44. The second-order valence-corrected chi connectivity index (χ2v) is 6.44. The summed E-state index contributed by atoms with van der Waals surface area (Å²) in [5.74, 6) is 0.543. The number of carbonyl (C=O) groups excluding carboxylic acids is 1. The highest BCUT2D eigenvalue weighted by Gasteiger charge is 2.16. The van der Waals surface area contributed by atoms with Gasteiger partial charge in [-0.15, -0.1) is 0 Å². The van der Waals surface area contributed by atoms with E-state index in [1.807, 2.05) is 68.4 Å². The van der Waals surface area contributed by atoms with Gasteiger partial charge in [0.05, 0.1) is 17.9 Å². The van der Waals surface area contributed by atoms with Gasteiger partial charge in [-0.25, -0.2) is 9.97 Å². The lowest BCUT2D eigenvalue weighted by atomic mass is 10.1. The molecule has 1 heterocycles. The Balaban J connectivity index is 1.61. The van der Waals surface area contributed by atoms with Crippen molar-refractivity contribution in [2.24, 2.45) is 0 Å². The van der Waals surface area contributed by atoms with Crippen LogP contribution in [0.3, 0.4) is 0 Å². The highest BCUT2D eigenvalue weighted by molar-refractivity contribution is 5.80. The number of hydrogen-bond donors (Lipinski definition) is 1. The van der Waals surface area contributed by atoms with E-state index in [-0.39, 0.29) is 5.91 Å². The van der Waals surface area contributed by atoms with Gasteiger partial charge in [-0.1, -0.05) is 42.5 Å². The van der Waals surface area contributed by atoms with E-state index in [0.29, 0.717) is 6.54 Å². The Kier molecular flexibility index (Phi) is 5.81. The maximum atomic E-state index is 12.4. The van der Waals surface area contributed by atoms with Crippen molar-refractivity contribution in [3.05, 3.63) is 77.7 Å². The summed E-state index contributed by atoms with van der Waals surface area (Å²) >= 11 is 0. The Bertz CT molecular complexity index is 926. The van der Waals surface area contributed by atoms with E-state index in [1.165, 1.54) is 6.33 Å². The molecule has 27 heavy (non-hydrogen) atoms. The number of nitrogens with one attached hydrogen (secondary N) is 1. The molecule has 0 fully saturated rings. The average Bonchev–Trinajstić information content (AvgIpc) is 2.70. The van der Waals surface area contributed by atoms with Crippen LogP contribution in [0.15, 0.2) is 60.9 Å². The molecule has 0 bridgehead atoms. The SMILES string of the molecule is Cc1cccc(OC(C)C(=O)NCc2cc(-c3ccccc3)ncn2)c1C. The monoisotopic (exact) mass is 361 g/mol. The third kappa shape index (κ3) is 4.70. The molecule has 5 heteroatoms. The number of ether oxygens (including phenoxy) is 1. The lowest BCUT2D eigenvalue weighted by Gasteiger charge is -2.17. The van der Waals surface area contributed by atoms with E-state index in [9.17, 15) is 4.79 Å². The van der Waals surface area contributed by atoms with Gasteiger partial charge in [0.15, 0.2) is 6.10 Å². The van der Waals surface area contributed by atoms with Crippen molar-refractivity contribution in [3.63, 3.8) is 0 Å². The molecule has 1 N–H and O–H groups in total. The fourth-order valence-corrected chi connectivity index (χ4v) is 2.68. The van der Waals surface area contributed by atoms with Gasteiger partial charge in [0, 0.05) is 5.56 Å². The van der Waals surface area contributed by atoms with Crippen molar-refractivity contribution < 1.29 is 9.53 Å². The largest absolute Gasteiger partial charge is 0.481 e. The Morgan fingerprint density at radius 2 is 1.85 bits per heavy atom. The first-order valence-corrected chi connectivity index (χ1v) is 8.91. The van der Waals surface area contributed by atoms with Crippen LogP contribution in [0.4, 0.5) is 0 Å². The summed E-state index contributed by atoms with van der Waals surface area (Å²) in [5, 5.41) is 2.88. The number of nitrogens with zero attached hydrogens (tertiary/aromatic N) is 2. The fourth-order valence-electron chi connectivity index (χ4n) is 2.68. The summed E-state index contributed by atoms with van der Waals surface area (Å²) in [5.41, 5.74) is 4.76. The maximum Gasteiger partial charge on any atom is 0.261 e. The summed E-state index contributed by atoms with van der Waals surface area (Å²) < 4.78 is 5.82. The van der Waals surface area contributed by atoms with E-state index in [1.54, 1.807) is 6.92 Å². The molecule has 0 radical (unpaired) electrons. The summed E-state index contributed by atoms with van der Waals surface area (Å²) in [7, 11) is 0. The van der Waals surface area contributed by atoms with Gasteiger partial charge < -0.3 is 10.1 Å². The number of aromatic nitrogens is 2. The minimum absolute atomic E-state index is 0.184. The van der Waals surface area contributed by atoms with Crippen molar-refractivity contribution in [2.75, 3.05) is 0 Å². The molecule has 3 aromatic rings. The topological polar surface area (TPSA) is 64.1 Å². The third-order valence-electron chi connectivity index (χ3n) is 4.46. The first-order chi connectivity index (χ1) is 13.0. The van der Waals surface area contributed by atoms with Crippen molar-refractivity contribution in [3.8, 4) is 17.0 Å². The highest BCUT2D eigenvalue weighted by atomic mass is 16.5. The summed E-state index contributed by atoms with van der Waals surface area (Å²) in [6, 6.07) is 17.6. The van der Waals surface area contributed by atoms with Crippen LogP contribution in [0, 0.1) is 13.8 Å². The predicted octanol–water partition coefficient (Wildman–Crippen LogP) is 3.84. The molecule has 0 aliphatic rings. The summed E-state index contributed by atoms with van der Waals surface area (Å²) in [6.07, 6.45) is 0.917. The average molecular weight is 361 g/mol. The number of benzene rings is 2. The number of amides is 1. The minimum Gasteiger partial charge on any atom is -0.481 e. The van der Waals surface area contributed by atoms with Crippen LogP contribution in [0.2, 0.25) is 0 Å². The van der Waals surface area contributed by atoms with Crippen LogP contribution in [-0.4, -0.2) is 22.0 Å². The van der Waals surface area contributed by atoms with Gasteiger partial charge in [0.2, 0.25) is 0 Å². The van der Waals surface area contributed by atoms with Crippen LogP contribution in [0.5, 0.6) is 5.75 Å². The first-order valence-electron chi connectivity index (χ1n) is 8.91. The summed E-state index contributed by atoms with van der Waals surface area (Å²) in [6.45, 7) is 6.07. The molecule has 0 aliphatic heterocycles. The molecule has 1 aromatic heterocycles. The molecule has 2 aromatic carbocycles. The van der Waals surface area contributed by atoms with E-state index in [2.05, 4.69) is 15.3 Å². The molecule has 138 valence electrons. The van der Waals surface area contributed by atoms with E-state index in [0.717, 1.165) is 33.8 Å². The molecular formula is C22H23N3O2. The molecular weight excluding hydrogens is 338 g/mol. The lowest BCUT2D eigenvalue weighted by Crippen LogP contribution is -2.36. The number of hydrogen-bond acceptors (Lipinski definition) is 4. The minimum atomic E-state index is -0.596. The molecule has 1 unspecified atom stereocenters. The second kappa shape index (κ2) is 8.45. The normalized spacial score (nSPS) is 11.7. The fraction of sp³-hybridized carbons (Fsp3) is 0.227. The molecule has 0 aliphatic carbocycles. The molecule has 0 spiro atoms. The molecule has 1 atom stereocenters. The zero-order valence-electron chi connectivity index (χ0n) is 15.8. The molecule has 5 nitrogen and oxygen atoms in total. The molecule has 1 amide bonds. The Labute approximate surface area is 159 Å². The number of carbonyl (C=O) groups is 1. The maximum absolute atomic E-state index is 12.4. The van der Waals surface area contributed by atoms with Gasteiger partial charge in [-0.2, -0.15) is 0 Å². The predicted molar refractivity (Wildman–Crippen MR) is 105 cm³/mol. The van der Waals surface area contributed by atoms with Crippen LogP contribution < -0.4 is 10.1 Å². The Morgan fingerprint density at radius 1 is 1.07 bits per heavy atom. The van der Waals surface area contributed by atoms with Gasteiger partial charge >= 0.3 is 0 Å². The lowest BCUT2D eigenvalue weighted by molar-refractivity contribution is -0.127. The molecule has 3 rings (SSSR count). The first kappa shape index (κ1) is 18.6. The van der Waals surface area contributed by atoms with Crippen LogP contribution in [-0.2, 0) is 11.3 Å². The van der Waals surface area contributed by atoms with Crippen molar-refractivity contribution in [1.82, 2.24) is 15.3 Å². The van der Waals surface area contributed by atoms with Crippen molar-refractivity contribution in [1.29, 1.82) is 0 Å². The molecule has 0 saturated heterocycles. The third-order valence-corrected chi connectivity index (χ3v) is 4.46. The van der Waals surface area contributed by atoms with Crippen LogP contribution >= 0.6 is 0 Å².